The van der Waals surface area contributed by atoms with Gasteiger partial charge in [-0.15, -0.1) is 0 Å². The lowest BCUT2D eigenvalue weighted by Crippen LogP contribution is -2.31. The van der Waals surface area contributed by atoms with Gasteiger partial charge in [-0.25, -0.2) is 0 Å². The quantitative estimate of drug-likeness (QED) is 0.647. The van der Waals surface area contributed by atoms with Gasteiger partial charge in [-0.3, -0.25) is 4.18 Å². The van der Waals surface area contributed by atoms with Crippen molar-refractivity contribution in [2.75, 3.05) is 0 Å². The Balaban J connectivity index is 2.00. The lowest BCUT2D eigenvalue weighted by molar-refractivity contribution is -0.0226. The first kappa shape index (κ1) is 18.9. The monoisotopic (exact) mass is 368 g/mol. The van der Waals surface area contributed by atoms with Crippen LogP contribution in [0, 0.1) is 0 Å². The lowest BCUT2D eigenvalue weighted by atomic mass is 10.2. The fraction of sp³-hybridized carbons (Fsp3) is 0.333. The molecule has 0 radical (unpaired) electrons. The summed E-state index contributed by atoms with van der Waals surface area (Å²) in [7, 11) is -3.85. The molecule has 0 fully saturated rings. The Bertz CT molecular complexity index is 729. The first-order valence-electron chi connectivity index (χ1n) is 7.76. The molecule has 2 atom stereocenters. The van der Waals surface area contributed by atoms with Crippen molar-refractivity contribution in [3.63, 3.8) is 0 Å². The molecule has 2 aromatic rings. The Hall–Kier alpha value is -1.40. The summed E-state index contributed by atoms with van der Waals surface area (Å²) >= 11 is 5.79. The van der Waals surface area contributed by atoms with Gasteiger partial charge >= 0.3 is 0 Å². The first-order valence-corrected chi connectivity index (χ1v) is 9.55. The summed E-state index contributed by atoms with van der Waals surface area (Å²) in [5.41, 5.74) is 1.03. The maximum atomic E-state index is 12.4. The van der Waals surface area contributed by atoms with Crippen molar-refractivity contribution in [1.29, 1.82) is 0 Å². The second-order valence-electron chi connectivity index (χ2n) is 5.45. The molecular formula is C18H21ClO4S. The highest BCUT2D eigenvalue weighted by Crippen LogP contribution is 2.21. The molecule has 4 nitrogen and oxygen atoms in total. The Morgan fingerprint density at radius 1 is 1.04 bits per heavy atom. The summed E-state index contributed by atoms with van der Waals surface area (Å²) in [4.78, 5) is 0.0839. The summed E-state index contributed by atoms with van der Waals surface area (Å²) in [6, 6.07) is 15.6. The molecule has 2 rings (SSSR count). The van der Waals surface area contributed by atoms with E-state index in [9.17, 15) is 8.42 Å². The van der Waals surface area contributed by atoms with Gasteiger partial charge in [-0.05, 0) is 43.2 Å². The van der Waals surface area contributed by atoms with Crippen LogP contribution >= 0.6 is 11.6 Å². The van der Waals surface area contributed by atoms with Crippen LogP contribution in [-0.4, -0.2) is 20.6 Å². The minimum Gasteiger partial charge on any atom is -0.371 e. The van der Waals surface area contributed by atoms with Gasteiger partial charge < -0.3 is 4.74 Å². The predicted molar refractivity (Wildman–Crippen MR) is 94.5 cm³/mol. The number of rotatable bonds is 8. The summed E-state index contributed by atoms with van der Waals surface area (Å²) in [6.45, 7) is 4.09. The average molecular weight is 369 g/mol. The van der Waals surface area contributed by atoms with Crippen LogP contribution in [0.15, 0.2) is 59.5 Å². The second kappa shape index (κ2) is 8.62. The third-order valence-electron chi connectivity index (χ3n) is 3.63. The van der Waals surface area contributed by atoms with Crippen LogP contribution in [0.25, 0.3) is 0 Å². The fourth-order valence-corrected chi connectivity index (χ4v) is 3.53. The molecule has 2 aromatic carbocycles. The van der Waals surface area contributed by atoms with Crippen LogP contribution in [0.4, 0.5) is 0 Å². The zero-order chi connectivity index (χ0) is 17.6. The third-order valence-corrected chi connectivity index (χ3v) is 5.24. The van der Waals surface area contributed by atoms with Crippen molar-refractivity contribution in [1.82, 2.24) is 0 Å². The van der Waals surface area contributed by atoms with Crippen molar-refractivity contribution in [3.8, 4) is 0 Å². The average Bonchev–Trinajstić information content (AvgIpc) is 2.59. The molecule has 0 heterocycles. The van der Waals surface area contributed by atoms with Gasteiger partial charge in [0.15, 0.2) is 0 Å². The van der Waals surface area contributed by atoms with E-state index in [0.29, 0.717) is 18.1 Å². The molecule has 0 N–H and O–H groups in total. The number of hydrogen-bond donors (Lipinski definition) is 0. The van der Waals surface area contributed by atoms with E-state index >= 15 is 0 Å². The highest BCUT2D eigenvalue weighted by molar-refractivity contribution is 7.86. The zero-order valence-corrected chi connectivity index (χ0v) is 15.3. The predicted octanol–water partition coefficient (Wildman–Crippen LogP) is 4.43. The van der Waals surface area contributed by atoms with E-state index in [-0.39, 0.29) is 11.0 Å². The van der Waals surface area contributed by atoms with Gasteiger partial charge in [-0.2, -0.15) is 8.42 Å². The molecule has 130 valence electrons. The molecule has 0 aromatic heterocycles. The van der Waals surface area contributed by atoms with E-state index in [4.69, 9.17) is 20.5 Å². The maximum Gasteiger partial charge on any atom is 0.297 e. The normalized spacial score (nSPS) is 14.3. The van der Waals surface area contributed by atoms with E-state index in [1.165, 1.54) is 24.3 Å². The molecule has 24 heavy (non-hydrogen) atoms. The molecule has 0 amide bonds. The number of ether oxygens (including phenoxy) is 1. The minimum absolute atomic E-state index is 0.0839. The molecule has 0 saturated heterocycles. The van der Waals surface area contributed by atoms with Crippen LogP contribution in [0.3, 0.4) is 0 Å². The molecule has 6 heteroatoms. The zero-order valence-electron chi connectivity index (χ0n) is 13.7. The van der Waals surface area contributed by atoms with Crippen molar-refractivity contribution < 1.29 is 17.3 Å². The Labute approximate surface area is 148 Å². The van der Waals surface area contributed by atoms with Crippen molar-refractivity contribution in [2.24, 2.45) is 0 Å². The third kappa shape index (κ3) is 5.31. The van der Waals surface area contributed by atoms with Crippen molar-refractivity contribution in [2.45, 2.75) is 44.0 Å². The van der Waals surface area contributed by atoms with Crippen LogP contribution in [-0.2, 0) is 25.6 Å². The molecule has 1 unspecified atom stereocenters. The fourth-order valence-electron chi connectivity index (χ4n) is 2.21. The number of benzene rings is 2. The SMILES string of the molecule is CCC(OS(=O)(=O)c1ccc(Cl)cc1)[C@H](C)OCc1ccccc1. The van der Waals surface area contributed by atoms with E-state index < -0.39 is 16.2 Å². The van der Waals surface area contributed by atoms with Gasteiger partial charge in [0, 0.05) is 5.02 Å². The number of halogens is 1. The van der Waals surface area contributed by atoms with E-state index in [1.807, 2.05) is 44.2 Å². The Morgan fingerprint density at radius 2 is 1.67 bits per heavy atom. The molecule has 0 saturated carbocycles. The van der Waals surface area contributed by atoms with Gasteiger partial charge in [0.25, 0.3) is 10.1 Å². The molecular weight excluding hydrogens is 348 g/mol. The number of hydrogen-bond acceptors (Lipinski definition) is 4. The van der Waals surface area contributed by atoms with Crippen LogP contribution in [0.2, 0.25) is 5.02 Å². The Morgan fingerprint density at radius 3 is 2.25 bits per heavy atom. The topological polar surface area (TPSA) is 52.6 Å². The molecule has 0 aliphatic rings. The van der Waals surface area contributed by atoms with E-state index in [0.717, 1.165) is 5.56 Å². The van der Waals surface area contributed by atoms with E-state index in [2.05, 4.69) is 0 Å². The van der Waals surface area contributed by atoms with Crippen molar-refractivity contribution >= 4 is 21.7 Å². The summed E-state index contributed by atoms with van der Waals surface area (Å²) in [6.07, 6.45) is -0.408. The minimum atomic E-state index is -3.85. The van der Waals surface area contributed by atoms with Gasteiger partial charge in [0.2, 0.25) is 0 Å². The lowest BCUT2D eigenvalue weighted by Gasteiger charge is -2.23. The molecule has 0 aliphatic heterocycles. The molecule has 0 spiro atoms. The molecule has 0 bridgehead atoms. The standard InChI is InChI=1S/C18H21ClO4S/c1-3-18(14(2)22-13-15-7-5-4-6-8-15)23-24(20,21)17-11-9-16(19)10-12-17/h4-12,14,18H,3,13H2,1-2H3/t14-,18?/m0/s1. The summed E-state index contributed by atoms with van der Waals surface area (Å²) < 4.78 is 35.9. The van der Waals surface area contributed by atoms with Gasteiger partial charge in [-0.1, -0.05) is 48.9 Å². The largest absolute Gasteiger partial charge is 0.371 e. The highest BCUT2D eigenvalue weighted by atomic mass is 35.5. The van der Waals surface area contributed by atoms with E-state index in [1.54, 1.807) is 0 Å². The Kier molecular flexibility index (Phi) is 6.80. The maximum absolute atomic E-state index is 12.4. The highest BCUT2D eigenvalue weighted by Gasteiger charge is 2.25. The van der Waals surface area contributed by atoms with Gasteiger partial charge in [0.1, 0.15) is 6.10 Å². The van der Waals surface area contributed by atoms with Crippen LogP contribution < -0.4 is 0 Å². The van der Waals surface area contributed by atoms with Crippen LogP contribution in [0.5, 0.6) is 0 Å². The summed E-state index contributed by atoms with van der Waals surface area (Å²) in [5.74, 6) is 0. The summed E-state index contributed by atoms with van der Waals surface area (Å²) in [5, 5.41) is 0.473. The van der Waals surface area contributed by atoms with Gasteiger partial charge in [0.05, 0.1) is 17.6 Å². The second-order valence-corrected chi connectivity index (χ2v) is 7.46. The van der Waals surface area contributed by atoms with Crippen molar-refractivity contribution in [3.05, 3.63) is 65.2 Å². The smallest absolute Gasteiger partial charge is 0.297 e. The van der Waals surface area contributed by atoms with Crippen LogP contribution in [0.1, 0.15) is 25.8 Å². The molecule has 0 aliphatic carbocycles. The first-order chi connectivity index (χ1) is 11.4.